The number of hydrogen-bond acceptors (Lipinski definition) is 5. The van der Waals surface area contributed by atoms with Crippen LogP contribution in [0.3, 0.4) is 0 Å². The van der Waals surface area contributed by atoms with E-state index < -0.39 is 0 Å². The fourth-order valence-electron chi connectivity index (χ4n) is 8.32. The maximum absolute atomic E-state index is 11.6. The first-order valence-corrected chi connectivity index (χ1v) is 11.2. The summed E-state index contributed by atoms with van der Waals surface area (Å²) < 4.78 is 17.8. The molecule has 0 unspecified atom stereocenters. The largest absolute Gasteiger partial charge is 0.462 e. The Balaban J connectivity index is 1.39. The van der Waals surface area contributed by atoms with E-state index >= 15 is 0 Å². The molecule has 5 fully saturated rings. The summed E-state index contributed by atoms with van der Waals surface area (Å²) in [7, 11) is 0. The minimum Gasteiger partial charge on any atom is -0.462 e. The molecule has 5 aliphatic rings. The minimum absolute atomic E-state index is 0.0146. The van der Waals surface area contributed by atoms with Gasteiger partial charge in [-0.25, -0.2) is 0 Å². The van der Waals surface area contributed by atoms with Crippen molar-refractivity contribution in [3.63, 3.8) is 0 Å². The number of carbonyl (C=O) groups is 2. The zero-order valence-electron chi connectivity index (χ0n) is 17.7. The van der Waals surface area contributed by atoms with E-state index in [4.69, 9.17) is 14.2 Å². The molecular formula is C23H34O5. The van der Waals surface area contributed by atoms with Crippen molar-refractivity contribution in [3.05, 3.63) is 0 Å². The number of epoxide rings is 1. The number of rotatable bonds is 2. The Morgan fingerprint density at radius 1 is 0.929 bits per heavy atom. The monoisotopic (exact) mass is 390 g/mol. The van der Waals surface area contributed by atoms with Gasteiger partial charge in [-0.15, -0.1) is 0 Å². The molecule has 0 N–H and O–H groups in total. The van der Waals surface area contributed by atoms with Crippen molar-refractivity contribution in [2.45, 2.75) is 103 Å². The predicted molar refractivity (Wildman–Crippen MR) is 102 cm³/mol. The van der Waals surface area contributed by atoms with Crippen LogP contribution < -0.4 is 0 Å². The van der Waals surface area contributed by atoms with Crippen molar-refractivity contribution >= 4 is 11.9 Å². The fourth-order valence-corrected chi connectivity index (χ4v) is 8.32. The van der Waals surface area contributed by atoms with Gasteiger partial charge in [0.05, 0.1) is 6.10 Å². The molecule has 5 rings (SSSR count). The lowest BCUT2D eigenvalue weighted by Crippen LogP contribution is -2.59. The van der Waals surface area contributed by atoms with Gasteiger partial charge in [-0.2, -0.15) is 0 Å². The maximum atomic E-state index is 11.6. The summed E-state index contributed by atoms with van der Waals surface area (Å²) in [4.78, 5) is 23.1. The summed E-state index contributed by atoms with van der Waals surface area (Å²) in [6.07, 6.45) is 8.95. The third-order valence-electron chi connectivity index (χ3n) is 9.59. The Bertz CT molecular complexity index is 705. The summed E-state index contributed by atoms with van der Waals surface area (Å²) in [6.45, 7) is 7.87. The van der Waals surface area contributed by atoms with Gasteiger partial charge in [-0.05, 0) is 62.7 Å². The van der Waals surface area contributed by atoms with E-state index in [1.54, 1.807) is 0 Å². The topological polar surface area (TPSA) is 65.1 Å². The second-order valence-electron chi connectivity index (χ2n) is 10.7. The molecular weight excluding hydrogens is 356 g/mol. The van der Waals surface area contributed by atoms with Gasteiger partial charge < -0.3 is 14.2 Å². The Labute approximate surface area is 167 Å². The van der Waals surface area contributed by atoms with Crippen LogP contribution in [0.15, 0.2) is 0 Å². The molecule has 5 nitrogen and oxygen atoms in total. The van der Waals surface area contributed by atoms with E-state index in [0.29, 0.717) is 23.9 Å². The molecule has 1 heterocycles. The van der Waals surface area contributed by atoms with E-state index in [1.807, 2.05) is 0 Å². The van der Waals surface area contributed by atoms with E-state index in [9.17, 15) is 9.59 Å². The third-order valence-corrected chi connectivity index (χ3v) is 9.59. The van der Waals surface area contributed by atoms with E-state index in [-0.39, 0.29) is 40.6 Å². The average molecular weight is 391 g/mol. The third kappa shape index (κ3) is 2.41. The van der Waals surface area contributed by atoms with Crippen molar-refractivity contribution in [2.75, 3.05) is 0 Å². The SMILES string of the molecule is CC(=O)O[C@H]1CC[C@]2(C)[C@H]3CC[C@]4(C)[C@@H](OC(C)=O)CC[C@H]4[C@@H]3C[C@H]3O[C@]32C1. The van der Waals surface area contributed by atoms with Crippen LogP contribution in [0.25, 0.3) is 0 Å². The van der Waals surface area contributed by atoms with Gasteiger partial charge in [0.2, 0.25) is 0 Å². The van der Waals surface area contributed by atoms with Crippen molar-refractivity contribution in [2.24, 2.45) is 28.6 Å². The van der Waals surface area contributed by atoms with Crippen molar-refractivity contribution < 1.29 is 23.8 Å². The zero-order valence-corrected chi connectivity index (χ0v) is 17.7. The van der Waals surface area contributed by atoms with Crippen LogP contribution in [0.4, 0.5) is 0 Å². The molecule has 156 valence electrons. The van der Waals surface area contributed by atoms with Crippen LogP contribution in [0, 0.1) is 28.6 Å². The first kappa shape index (κ1) is 18.9. The highest BCUT2D eigenvalue weighted by Crippen LogP contribution is 2.73. The summed E-state index contributed by atoms with van der Waals surface area (Å²) in [5.41, 5.74) is 0.222. The summed E-state index contributed by atoms with van der Waals surface area (Å²) >= 11 is 0. The molecule has 9 atom stereocenters. The number of fused-ring (bicyclic) bond motifs is 4. The molecule has 0 amide bonds. The highest BCUT2D eigenvalue weighted by atomic mass is 16.6. The van der Waals surface area contributed by atoms with Crippen molar-refractivity contribution in [3.8, 4) is 0 Å². The second kappa shape index (κ2) is 5.96. The van der Waals surface area contributed by atoms with Crippen LogP contribution in [0.5, 0.6) is 0 Å². The summed E-state index contributed by atoms with van der Waals surface area (Å²) in [6, 6.07) is 0. The molecule has 28 heavy (non-hydrogen) atoms. The van der Waals surface area contributed by atoms with Gasteiger partial charge in [0.15, 0.2) is 0 Å². The number of esters is 2. The molecule has 0 aromatic carbocycles. The molecule has 4 aliphatic carbocycles. The van der Waals surface area contributed by atoms with Crippen LogP contribution in [0.1, 0.15) is 79.1 Å². The molecule has 0 aromatic rings. The van der Waals surface area contributed by atoms with Gasteiger partial charge in [-0.3, -0.25) is 9.59 Å². The molecule has 4 saturated carbocycles. The normalized spacial score (nSPS) is 53.9. The maximum Gasteiger partial charge on any atom is 0.302 e. The molecule has 5 heteroatoms. The molecule has 1 saturated heterocycles. The lowest BCUT2D eigenvalue weighted by Gasteiger charge is -2.59. The summed E-state index contributed by atoms with van der Waals surface area (Å²) in [5.74, 6) is 1.64. The molecule has 1 spiro atoms. The second-order valence-corrected chi connectivity index (χ2v) is 10.7. The number of carbonyl (C=O) groups excluding carboxylic acids is 2. The van der Waals surface area contributed by atoms with E-state index in [1.165, 1.54) is 26.7 Å². The van der Waals surface area contributed by atoms with Gasteiger partial charge in [0, 0.05) is 31.1 Å². The quantitative estimate of drug-likeness (QED) is 0.526. The molecule has 0 radical (unpaired) electrons. The predicted octanol–water partition coefficient (Wildman–Crippen LogP) is 4.02. The van der Waals surface area contributed by atoms with Gasteiger partial charge >= 0.3 is 11.9 Å². The first-order chi connectivity index (χ1) is 13.2. The molecule has 0 aromatic heterocycles. The fraction of sp³-hybridized carbons (Fsp3) is 0.913. The zero-order chi connectivity index (χ0) is 19.9. The van der Waals surface area contributed by atoms with Crippen LogP contribution in [-0.4, -0.2) is 35.9 Å². The van der Waals surface area contributed by atoms with Gasteiger partial charge in [-0.1, -0.05) is 13.8 Å². The van der Waals surface area contributed by atoms with Gasteiger partial charge in [0.25, 0.3) is 0 Å². The standard InChI is InChI=1S/C23H34O5/c1-13(24)26-15-7-10-22(4)18-8-9-21(3)17(5-6-19(21)27-14(2)25)16(18)11-20-23(22,12-15)28-20/h15-20H,5-12H2,1-4H3/t15-,16-,17-,18-,19-,20+,21-,22+,23+/m0/s1. The molecule has 0 bridgehead atoms. The lowest BCUT2D eigenvalue weighted by molar-refractivity contribution is -0.164. The lowest BCUT2D eigenvalue weighted by atomic mass is 9.45. The Kier molecular flexibility index (Phi) is 4.02. The highest BCUT2D eigenvalue weighted by molar-refractivity contribution is 5.66. The van der Waals surface area contributed by atoms with Crippen LogP contribution in [0.2, 0.25) is 0 Å². The average Bonchev–Trinajstić information content (AvgIpc) is 3.20. The molecule has 1 aliphatic heterocycles. The number of hydrogen-bond donors (Lipinski definition) is 0. The van der Waals surface area contributed by atoms with Crippen molar-refractivity contribution in [1.29, 1.82) is 0 Å². The van der Waals surface area contributed by atoms with Gasteiger partial charge in [0.1, 0.15) is 17.8 Å². The highest BCUT2D eigenvalue weighted by Gasteiger charge is 2.76. The first-order valence-electron chi connectivity index (χ1n) is 11.2. The van der Waals surface area contributed by atoms with E-state index in [0.717, 1.165) is 38.5 Å². The minimum atomic E-state index is -0.174. The Morgan fingerprint density at radius 3 is 2.39 bits per heavy atom. The van der Waals surface area contributed by atoms with E-state index in [2.05, 4.69) is 13.8 Å². The van der Waals surface area contributed by atoms with Crippen LogP contribution >= 0.6 is 0 Å². The smallest absolute Gasteiger partial charge is 0.302 e. The summed E-state index contributed by atoms with van der Waals surface area (Å²) in [5, 5.41) is 0. The Hall–Kier alpha value is -1.10. The Morgan fingerprint density at radius 2 is 1.68 bits per heavy atom. The van der Waals surface area contributed by atoms with Crippen molar-refractivity contribution in [1.82, 2.24) is 0 Å². The number of ether oxygens (including phenoxy) is 3. The van der Waals surface area contributed by atoms with Crippen LogP contribution in [-0.2, 0) is 23.8 Å².